The number of aromatic nitrogens is 2. The number of ether oxygens (including phenoxy) is 1. The fourth-order valence-corrected chi connectivity index (χ4v) is 4.16. The van der Waals surface area contributed by atoms with Gasteiger partial charge in [-0.25, -0.2) is 9.78 Å². The van der Waals surface area contributed by atoms with Crippen molar-refractivity contribution in [1.82, 2.24) is 14.5 Å². The van der Waals surface area contributed by atoms with Gasteiger partial charge in [-0.15, -0.1) is 0 Å². The maximum absolute atomic E-state index is 12.3. The first-order chi connectivity index (χ1) is 15.1. The predicted molar refractivity (Wildman–Crippen MR) is 125 cm³/mol. The molecule has 0 saturated carbocycles. The molecule has 0 aliphatic carbocycles. The van der Waals surface area contributed by atoms with Crippen molar-refractivity contribution in [3.8, 4) is 0 Å². The molecule has 5 heteroatoms. The Kier molecular flexibility index (Phi) is 6.82. The number of rotatable bonds is 8. The number of carbonyl (C=O) groups excluding carboxylic acids is 1. The lowest BCUT2D eigenvalue weighted by Crippen LogP contribution is -2.29. The van der Waals surface area contributed by atoms with Crippen molar-refractivity contribution < 1.29 is 9.53 Å². The summed E-state index contributed by atoms with van der Waals surface area (Å²) in [6.07, 6.45) is 7.41. The second-order valence-corrected chi connectivity index (χ2v) is 8.42. The predicted octanol–water partition coefficient (Wildman–Crippen LogP) is 5.17. The van der Waals surface area contributed by atoms with Gasteiger partial charge in [0.25, 0.3) is 0 Å². The quantitative estimate of drug-likeness (QED) is 0.375. The number of para-hydroxylation sites is 1. The lowest BCUT2D eigenvalue weighted by atomic mass is 9.99. The van der Waals surface area contributed by atoms with Crippen molar-refractivity contribution in [3.63, 3.8) is 0 Å². The average molecular weight is 418 g/mol. The smallest absolute Gasteiger partial charge is 0.340 e. The number of benzene rings is 2. The largest absolute Gasteiger partial charge is 0.459 e. The van der Waals surface area contributed by atoms with Crippen molar-refractivity contribution in [2.75, 3.05) is 19.6 Å². The number of aryl methyl sites for hydroxylation is 1. The number of esters is 1. The van der Waals surface area contributed by atoms with Crippen LogP contribution in [0.2, 0.25) is 0 Å². The Hall–Kier alpha value is -2.92. The third-order valence-corrected chi connectivity index (χ3v) is 5.77. The first-order valence-electron chi connectivity index (χ1n) is 11.2. The van der Waals surface area contributed by atoms with Crippen molar-refractivity contribution >= 4 is 22.6 Å². The molecule has 1 aliphatic rings. The molecule has 162 valence electrons. The molecule has 0 unspecified atom stereocenters. The summed E-state index contributed by atoms with van der Waals surface area (Å²) in [7, 11) is 0. The van der Waals surface area contributed by atoms with Crippen LogP contribution in [0.3, 0.4) is 0 Å². The van der Waals surface area contributed by atoms with Gasteiger partial charge in [0.05, 0.1) is 23.5 Å². The maximum Gasteiger partial charge on any atom is 0.340 e. The molecular weight excluding hydrogens is 386 g/mol. The molecule has 3 aromatic rings. The minimum absolute atomic E-state index is 0.141. The van der Waals surface area contributed by atoms with E-state index in [4.69, 9.17) is 4.74 Å². The van der Waals surface area contributed by atoms with Crippen LogP contribution in [-0.2, 0) is 11.3 Å². The molecule has 1 aliphatic heterocycles. The summed E-state index contributed by atoms with van der Waals surface area (Å²) in [6, 6.07) is 16.4. The summed E-state index contributed by atoms with van der Waals surface area (Å²) in [4.78, 5) is 19.4. The highest BCUT2D eigenvalue weighted by atomic mass is 16.5. The Morgan fingerprint density at radius 3 is 2.61 bits per heavy atom. The first kappa shape index (κ1) is 21.3. The van der Waals surface area contributed by atoms with Gasteiger partial charge >= 0.3 is 5.97 Å². The van der Waals surface area contributed by atoms with Crippen LogP contribution < -0.4 is 0 Å². The van der Waals surface area contributed by atoms with Crippen molar-refractivity contribution in [2.24, 2.45) is 0 Å². The Balaban J connectivity index is 1.29. The lowest BCUT2D eigenvalue weighted by molar-refractivity contribution is 0.0380. The number of unbranched alkanes of at least 4 members (excludes halogenated alkanes) is 1. The minimum Gasteiger partial charge on any atom is -0.459 e. The van der Waals surface area contributed by atoms with E-state index in [1.54, 1.807) is 6.07 Å². The number of fused-ring (bicyclic) bond motifs is 1. The number of hydrogen-bond donors (Lipinski definition) is 0. The molecule has 2 heterocycles. The zero-order valence-corrected chi connectivity index (χ0v) is 18.5. The summed E-state index contributed by atoms with van der Waals surface area (Å²) >= 11 is 0. The highest BCUT2D eigenvalue weighted by Gasteiger charge is 2.16. The SMILES string of the molecule is CC(C)OC(=O)c1cccc2c1ncn2CCCCN1CC=C(c2ccccc2)CC1. The molecule has 2 aromatic carbocycles. The molecule has 0 radical (unpaired) electrons. The molecule has 31 heavy (non-hydrogen) atoms. The van der Waals surface area contributed by atoms with E-state index >= 15 is 0 Å². The van der Waals surface area contributed by atoms with Crippen LogP contribution in [0.15, 0.2) is 60.9 Å². The van der Waals surface area contributed by atoms with Gasteiger partial charge in [-0.2, -0.15) is 0 Å². The minimum atomic E-state index is -0.307. The van der Waals surface area contributed by atoms with Gasteiger partial charge in [0.15, 0.2) is 0 Å². The zero-order chi connectivity index (χ0) is 21.6. The van der Waals surface area contributed by atoms with E-state index in [9.17, 15) is 4.79 Å². The van der Waals surface area contributed by atoms with Gasteiger partial charge in [0.2, 0.25) is 0 Å². The van der Waals surface area contributed by atoms with Crippen LogP contribution in [0.5, 0.6) is 0 Å². The average Bonchev–Trinajstić information content (AvgIpc) is 3.20. The lowest BCUT2D eigenvalue weighted by Gasteiger charge is -2.26. The van der Waals surface area contributed by atoms with Gasteiger partial charge in [0.1, 0.15) is 5.52 Å². The highest BCUT2D eigenvalue weighted by Crippen LogP contribution is 2.23. The monoisotopic (exact) mass is 417 g/mol. The zero-order valence-electron chi connectivity index (χ0n) is 18.5. The molecule has 5 nitrogen and oxygen atoms in total. The highest BCUT2D eigenvalue weighted by molar-refractivity contribution is 6.02. The normalized spacial score (nSPS) is 14.7. The third kappa shape index (κ3) is 5.23. The van der Waals surface area contributed by atoms with Crippen molar-refractivity contribution in [1.29, 1.82) is 0 Å². The van der Waals surface area contributed by atoms with Crippen molar-refractivity contribution in [3.05, 3.63) is 72.1 Å². The van der Waals surface area contributed by atoms with Crippen LogP contribution in [0.1, 0.15) is 49.0 Å². The van der Waals surface area contributed by atoms with E-state index in [1.807, 2.05) is 32.3 Å². The van der Waals surface area contributed by atoms with Gasteiger partial charge in [-0.3, -0.25) is 4.90 Å². The van der Waals surface area contributed by atoms with Crippen LogP contribution in [0.4, 0.5) is 0 Å². The summed E-state index contributed by atoms with van der Waals surface area (Å²) < 4.78 is 7.50. The Bertz CT molecular complexity index is 1050. The fraction of sp³-hybridized carbons (Fsp3) is 0.385. The second kappa shape index (κ2) is 9.92. The number of nitrogens with zero attached hydrogens (tertiary/aromatic N) is 3. The molecule has 0 saturated heterocycles. The van der Waals surface area contributed by atoms with Crippen LogP contribution in [0.25, 0.3) is 16.6 Å². The Morgan fingerprint density at radius 1 is 1.06 bits per heavy atom. The number of imidazole rings is 1. The second-order valence-electron chi connectivity index (χ2n) is 8.42. The summed E-state index contributed by atoms with van der Waals surface area (Å²) in [5.41, 5.74) is 5.08. The fourth-order valence-electron chi connectivity index (χ4n) is 4.16. The van der Waals surface area contributed by atoms with Gasteiger partial charge in [0, 0.05) is 19.6 Å². The topological polar surface area (TPSA) is 47.4 Å². The van der Waals surface area contributed by atoms with E-state index in [0.29, 0.717) is 5.56 Å². The molecule has 0 spiro atoms. The van der Waals surface area contributed by atoms with Crippen LogP contribution in [0, 0.1) is 0 Å². The third-order valence-electron chi connectivity index (χ3n) is 5.77. The van der Waals surface area contributed by atoms with E-state index in [0.717, 1.165) is 56.5 Å². The summed E-state index contributed by atoms with van der Waals surface area (Å²) in [6.45, 7) is 7.87. The van der Waals surface area contributed by atoms with Gasteiger partial charge in [-0.1, -0.05) is 42.5 Å². The summed E-state index contributed by atoms with van der Waals surface area (Å²) in [5.74, 6) is -0.307. The van der Waals surface area contributed by atoms with E-state index < -0.39 is 0 Å². The van der Waals surface area contributed by atoms with Gasteiger partial charge < -0.3 is 9.30 Å². The standard InChI is InChI=1S/C26H31N3O2/c1-20(2)31-26(30)23-11-8-12-24-25(23)27-19-29(24)16-7-6-15-28-17-13-22(14-18-28)21-9-4-3-5-10-21/h3-5,8-13,19-20H,6-7,14-18H2,1-2H3. The molecule has 0 fully saturated rings. The Morgan fingerprint density at radius 2 is 1.87 bits per heavy atom. The number of hydrogen-bond acceptors (Lipinski definition) is 4. The molecule has 0 N–H and O–H groups in total. The van der Waals surface area contributed by atoms with E-state index in [2.05, 4.69) is 50.9 Å². The van der Waals surface area contributed by atoms with E-state index in [-0.39, 0.29) is 12.1 Å². The molecule has 1 aromatic heterocycles. The van der Waals surface area contributed by atoms with E-state index in [1.165, 1.54) is 11.1 Å². The molecule has 0 atom stereocenters. The molecule has 0 bridgehead atoms. The first-order valence-corrected chi connectivity index (χ1v) is 11.2. The van der Waals surface area contributed by atoms with Crippen LogP contribution >= 0.6 is 0 Å². The maximum atomic E-state index is 12.3. The molecule has 0 amide bonds. The molecule has 4 rings (SSSR count). The summed E-state index contributed by atoms with van der Waals surface area (Å²) in [5, 5.41) is 0. The molecular formula is C26H31N3O2. The van der Waals surface area contributed by atoms with Gasteiger partial charge in [-0.05, 0) is 62.9 Å². The number of carbonyl (C=O) groups is 1. The van der Waals surface area contributed by atoms with Crippen molar-refractivity contribution in [2.45, 2.75) is 45.8 Å². The Labute approximate surface area is 184 Å². The van der Waals surface area contributed by atoms with Crippen LogP contribution in [-0.4, -0.2) is 46.2 Å².